The predicted octanol–water partition coefficient (Wildman–Crippen LogP) is 4.13. The maximum Gasteiger partial charge on any atom is 0.297 e. The van der Waals surface area contributed by atoms with Gasteiger partial charge in [-0.2, -0.15) is 5.10 Å². The number of amides is 1. The summed E-state index contributed by atoms with van der Waals surface area (Å²) in [7, 11) is 3.86. The van der Waals surface area contributed by atoms with E-state index >= 15 is 0 Å². The maximum atomic E-state index is 13.6. The molecule has 2 unspecified atom stereocenters. The molecule has 7 nitrogen and oxygen atoms in total. The Morgan fingerprint density at radius 1 is 0.912 bits per heavy atom. The number of carbonyl (C=O) groups is 3. The van der Waals surface area contributed by atoms with Crippen LogP contribution in [0.5, 0.6) is 0 Å². The second kappa shape index (κ2) is 9.17. The molecule has 1 fully saturated rings. The van der Waals surface area contributed by atoms with E-state index in [2.05, 4.69) is 24.0 Å². The van der Waals surface area contributed by atoms with E-state index in [1.165, 1.54) is 4.90 Å². The van der Waals surface area contributed by atoms with E-state index in [4.69, 9.17) is 0 Å². The minimum Gasteiger partial charge on any atom is -0.378 e. The summed E-state index contributed by atoms with van der Waals surface area (Å²) in [6, 6.07) is 17.3. The summed E-state index contributed by atoms with van der Waals surface area (Å²) in [5, 5.41) is 8.20. The summed E-state index contributed by atoms with van der Waals surface area (Å²) in [4.78, 5) is 43.3. The third kappa shape index (κ3) is 4.21. The highest BCUT2D eigenvalue weighted by Crippen LogP contribution is 2.41. The van der Waals surface area contributed by atoms with Crippen molar-refractivity contribution in [2.24, 2.45) is 5.92 Å². The van der Waals surface area contributed by atoms with Crippen LogP contribution in [0.4, 0.5) is 11.5 Å². The van der Waals surface area contributed by atoms with E-state index in [9.17, 15) is 14.4 Å². The Kier molecular flexibility index (Phi) is 6.28. The number of anilines is 2. The van der Waals surface area contributed by atoms with E-state index in [0.717, 1.165) is 11.3 Å². The lowest BCUT2D eigenvalue weighted by molar-refractivity contribution is -0.135. The van der Waals surface area contributed by atoms with Gasteiger partial charge < -0.3 is 4.90 Å². The fourth-order valence-electron chi connectivity index (χ4n) is 4.22. The molecular weight excluding hydrogens is 428 g/mol. The zero-order valence-corrected chi connectivity index (χ0v) is 20.0. The molecule has 2 atom stereocenters. The van der Waals surface area contributed by atoms with Crippen molar-refractivity contribution in [3.05, 3.63) is 83.0 Å². The molecule has 1 saturated heterocycles. The van der Waals surface area contributed by atoms with Crippen molar-refractivity contribution in [2.75, 3.05) is 23.9 Å². The number of aryl methyl sites for hydroxylation is 1. The summed E-state index contributed by atoms with van der Waals surface area (Å²) in [6.07, 6.45) is 0. The van der Waals surface area contributed by atoms with Crippen molar-refractivity contribution in [3.8, 4) is 0 Å². The molecule has 1 amide bonds. The Morgan fingerprint density at radius 3 is 2.09 bits per heavy atom. The van der Waals surface area contributed by atoms with Crippen LogP contribution in [0, 0.1) is 12.8 Å². The number of rotatable bonds is 6. The average Bonchev–Trinajstić information content (AvgIpc) is 3.09. The lowest BCUT2D eigenvalue weighted by Gasteiger charge is -2.26. The zero-order chi connectivity index (χ0) is 24.6. The molecule has 34 heavy (non-hydrogen) atoms. The van der Waals surface area contributed by atoms with Gasteiger partial charge in [0.25, 0.3) is 5.91 Å². The quantitative estimate of drug-likeness (QED) is 0.315. The van der Waals surface area contributed by atoms with Crippen LogP contribution in [-0.4, -0.2) is 41.8 Å². The fourth-order valence-corrected chi connectivity index (χ4v) is 4.22. The number of hydrogen-bond acceptors (Lipinski definition) is 6. The first kappa shape index (κ1) is 23.3. The predicted molar refractivity (Wildman–Crippen MR) is 131 cm³/mol. The van der Waals surface area contributed by atoms with Gasteiger partial charge in [-0.25, -0.2) is 0 Å². The Hall–Kier alpha value is -3.87. The molecule has 0 bridgehead atoms. The van der Waals surface area contributed by atoms with Crippen LogP contribution in [0.2, 0.25) is 0 Å². The van der Waals surface area contributed by atoms with E-state index in [1.807, 2.05) is 55.4 Å². The maximum absolute atomic E-state index is 13.6. The van der Waals surface area contributed by atoms with Gasteiger partial charge >= 0.3 is 0 Å². The van der Waals surface area contributed by atoms with Crippen LogP contribution >= 0.6 is 0 Å². The molecule has 1 aliphatic rings. The van der Waals surface area contributed by atoms with Gasteiger partial charge in [0, 0.05) is 25.3 Å². The second-order valence-electron chi connectivity index (χ2n) is 9.12. The summed E-state index contributed by atoms with van der Waals surface area (Å²) in [5.41, 5.74) is 3.84. The molecule has 4 rings (SSSR count). The number of nitrogens with zero attached hydrogens (tertiary/aromatic N) is 4. The Morgan fingerprint density at radius 2 is 1.56 bits per heavy atom. The monoisotopic (exact) mass is 456 g/mol. The highest BCUT2D eigenvalue weighted by Gasteiger charge is 2.52. The molecule has 3 aromatic rings. The fraction of sp³-hybridized carbons (Fsp3) is 0.296. The third-order valence-corrected chi connectivity index (χ3v) is 6.23. The van der Waals surface area contributed by atoms with Crippen molar-refractivity contribution in [1.82, 2.24) is 10.2 Å². The average molecular weight is 457 g/mol. The van der Waals surface area contributed by atoms with Crippen molar-refractivity contribution in [2.45, 2.75) is 32.7 Å². The van der Waals surface area contributed by atoms with Gasteiger partial charge in [-0.3, -0.25) is 19.3 Å². The zero-order valence-electron chi connectivity index (χ0n) is 20.0. The smallest absolute Gasteiger partial charge is 0.297 e. The van der Waals surface area contributed by atoms with Crippen LogP contribution in [-0.2, 0) is 9.59 Å². The highest BCUT2D eigenvalue weighted by atomic mass is 16.2. The van der Waals surface area contributed by atoms with Crippen LogP contribution in [0.1, 0.15) is 53.0 Å². The van der Waals surface area contributed by atoms with Gasteiger partial charge in [-0.1, -0.05) is 50.2 Å². The molecule has 0 radical (unpaired) electrons. The molecule has 1 aliphatic heterocycles. The Bertz CT molecular complexity index is 1220. The lowest BCUT2D eigenvalue weighted by atomic mass is 9.85. The number of hydrogen-bond donors (Lipinski definition) is 0. The van der Waals surface area contributed by atoms with Gasteiger partial charge in [0.15, 0.2) is 11.6 Å². The van der Waals surface area contributed by atoms with Crippen LogP contribution in [0.15, 0.2) is 60.7 Å². The first-order chi connectivity index (χ1) is 16.2. The molecule has 174 valence electrons. The SMILES string of the molecule is Cc1ccc(N2C(=O)C(=O)C(C(=O)c3ccc(C(C)C)cc3)C2c2ccc(N(C)C)cc2)nn1. The molecule has 1 aromatic heterocycles. The molecule has 0 saturated carbocycles. The lowest BCUT2D eigenvalue weighted by Crippen LogP contribution is -2.31. The van der Waals surface area contributed by atoms with E-state index < -0.39 is 23.7 Å². The first-order valence-electron chi connectivity index (χ1n) is 11.3. The highest BCUT2D eigenvalue weighted by molar-refractivity contribution is 6.48. The minimum absolute atomic E-state index is 0.246. The van der Waals surface area contributed by atoms with Gasteiger partial charge in [0.1, 0.15) is 5.92 Å². The van der Waals surface area contributed by atoms with Crippen molar-refractivity contribution < 1.29 is 14.4 Å². The van der Waals surface area contributed by atoms with Crippen LogP contribution in [0.25, 0.3) is 0 Å². The summed E-state index contributed by atoms with van der Waals surface area (Å²) >= 11 is 0. The summed E-state index contributed by atoms with van der Waals surface area (Å²) in [5.74, 6) is -2.48. The molecule has 0 spiro atoms. The standard InChI is InChI=1S/C27H28N4O3/c1-16(2)18-7-9-20(10-8-18)25(32)23-24(19-11-13-21(14-12-19)30(4)5)31(27(34)26(23)33)22-15-6-17(3)28-29-22/h6-16,23-24H,1-5H3. The van der Waals surface area contributed by atoms with Gasteiger partial charge in [-0.05, 0) is 48.2 Å². The van der Waals surface area contributed by atoms with Gasteiger partial charge in [0.05, 0.1) is 11.7 Å². The largest absolute Gasteiger partial charge is 0.378 e. The second-order valence-corrected chi connectivity index (χ2v) is 9.12. The van der Waals surface area contributed by atoms with Crippen molar-refractivity contribution in [3.63, 3.8) is 0 Å². The molecule has 0 aliphatic carbocycles. The third-order valence-electron chi connectivity index (χ3n) is 6.23. The number of Topliss-reactive ketones (excluding diaryl/α,β-unsaturated/α-hetero) is 2. The number of benzene rings is 2. The Balaban J connectivity index is 1.81. The molecule has 0 N–H and O–H groups in total. The summed E-state index contributed by atoms with van der Waals surface area (Å²) < 4.78 is 0. The number of carbonyl (C=O) groups excluding carboxylic acids is 3. The number of ketones is 2. The normalized spacial score (nSPS) is 18.0. The van der Waals surface area contributed by atoms with Gasteiger partial charge in [-0.15, -0.1) is 5.10 Å². The topological polar surface area (TPSA) is 83.5 Å². The Labute approximate surface area is 199 Å². The minimum atomic E-state index is -1.18. The number of aromatic nitrogens is 2. The van der Waals surface area contributed by atoms with Crippen LogP contribution < -0.4 is 9.80 Å². The van der Waals surface area contributed by atoms with E-state index in [1.54, 1.807) is 31.2 Å². The summed E-state index contributed by atoms with van der Waals surface area (Å²) in [6.45, 7) is 5.94. The molecule has 2 heterocycles. The first-order valence-corrected chi connectivity index (χ1v) is 11.3. The molecular formula is C27H28N4O3. The molecule has 2 aromatic carbocycles. The van der Waals surface area contributed by atoms with Crippen molar-refractivity contribution in [1.29, 1.82) is 0 Å². The molecule has 7 heteroatoms. The van der Waals surface area contributed by atoms with Crippen molar-refractivity contribution >= 4 is 29.0 Å². The van der Waals surface area contributed by atoms with Crippen LogP contribution in [0.3, 0.4) is 0 Å². The van der Waals surface area contributed by atoms with E-state index in [0.29, 0.717) is 22.7 Å². The van der Waals surface area contributed by atoms with Gasteiger partial charge in [0.2, 0.25) is 5.78 Å². The van der Waals surface area contributed by atoms with E-state index in [-0.39, 0.29) is 11.6 Å².